The monoisotopic (exact) mass is 486 g/mol. The summed E-state index contributed by atoms with van der Waals surface area (Å²) >= 11 is 1.39. The number of anilines is 1. The summed E-state index contributed by atoms with van der Waals surface area (Å²) in [6.07, 6.45) is 1.38. The number of hydrogen-bond acceptors (Lipinski definition) is 8. The van der Waals surface area contributed by atoms with Crippen LogP contribution in [-0.4, -0.2) is 56.3 Å². The molecular formula is C23H26N4O4S2. The lowest BCUT2D eigenvalue weighted by molar-refractivity contribution is -0.0440. The zero-order valence-electron chi connectivity index (χ0n) is 18.6. The van der Waals surface area contributed by atoms with E-state index in [-0.39, 0.29) is 17.1 Å². The number of ether oxygens (including phenoxy) is 2. The number of hydrazone groups is 1. The highest BCUT2D eigenvalue weighted by atomic mass is 32.2. The van der Waals surface area contributed by atoms with E-state index in [0.717, 1.165) is 16.9 Å². The average Bonchev–Trinajstić information content (AvgIpc) is 3.28. The number of aromatic nitrogens is 1. The van der Waals surface area contributed by atoms with Crippen molar-refractivity contribution in [2.45, 2.75) is 31.0 Å². The van der Waals surface area contributed by atoms with Crippen LogP contribution in [0.5, 0.6) is 5.75 Å². The molecule has 2 atom stereocenters. The van der Waals surface area contributed by atoms with Crippen LogP contribution in [0.1, 0.15) is 19.4 Å². The Hall–Kier alpha value is -2.79. The van der Waals surface area contributed by atoms with Gasteiger partial charge >= 0.3 is 0 Å². The number of benzene rings is 2. The number of nitrogens with one attached hydrogen (secondary N) is 1. The van der Waals surface area contributed by atoms with E-state index in [4.69, 9.17) is 9.47 Å². The van der Waals surface area contributed by atoms with E-state index in [1.54, 1.807) is 31.5 Å². The second kappa shape index (κ2) is 10.0. The molecule has 2 aromatic carbocycles. The first kappa shape index (κ1) is 23.4. The van der Waals surface area contributed by atoms with Gasteiger partial charge in [-0.2, -0.15) is 9.41 Å². The number of morpholine rings is 1. The van der Waals surface area contributed by atoms with Gasteiger partial charge in [0.15, 0.2) is 0 Å². The Kier molecular flexibility index (Phi) is 7.08. The molecule has 1 N–H and O–H groups in total. The van der Waals surface area contributed by atoms with Crippen molar-refractivity contribution in [3.63, 3.8) is 0 Å². The van der Waals surface area contributed by atoms with Gasteiger partial charge in [-0.15, -0.1) is 11.3 Å². The molecule has 0 bridgehead atoms. The van der Waals surface area contributed by atoms with Crippen molar-refractivity contribution in [3.8, 4) is 17.0 Å². The Morgan fingerprint density at radius 2 is 1.94 bits per heavy atom. The Morgan fingerprint density at radius 3 is 2.70 bits per heavy atom. The van der Waals surface area contributed by atoms with Gasteiger partial charge in [-0.05, 0) is 38.1 Å². The minimum absolute atomic E-state index is 0.143. The van der Waals surface area contributed by atoms with Crippen LogP contribution in [0.2, 0.25) is 0 Å². The van der Waals surface area contributed by atoms with Crippen molar-refractivity contribution in [1.29, 1.82) is 0 Å². The Labute approximate surface area is 197 Å². The average molecular weight is 487 g/mol. The number of sulfonamides is 1. The van der Waals surface area contributed by atoms with Crippen molar-refractivity contribution >= 4 is 32.7 Å². The highest BCUT2D eigenvalue weighted by molar-refractivity contribution is 7.89. The second-order valence-electron chi connectivity index (χ2n) is 7.76. The highest BCUT2D eigenvalue weighted by Gasteiger charge is 2.32. The van der Waals surface area contributed by atoms with Gasteiger partial charge in [-0.3, -0.25) is 5.43 Å². The molecule has 1 saturated heterocycles. The fourth-order valence-corrected chi connectivity index (χ4v) is 5.99. The van der Waals surface area contributed by atoms with Crippen LogP contribution in [0.15, 0.2) is 63.9 Å². The fraction of sp³-hybridized carbons (Fsp3) is 0.304. The van der Waals surface area contributed by atoms with E-state index in [9.17, 15) is 8.42 Å². The van der Waals surface area contributed by atoms with Crippen LogP contribution in [0.4, 0.5) is 5.13 Å². The third-order valence-electron chi connectivity index (χ3n) is 5.16. The van der Waals surface area contributed by atoms with Crippen molar-refractivity contribution < 1.29 is 17.9 Å². The number of hydrogen-bond donors (Lipinski definition) is 1. The quantitative estimate of drug-likeness (QED) is 0.400. The lowest BCUT2D eigenvalue weighted by Gasteiger charge is -2.34. The predicted molar refractivity (Wildman–Crippen MR) is 131 cm³/mol. The van der Waals surface area contributed by atoms with Gasteiger partial charge < -0.3 is 9.47 Å². The minimum Gasteiger partial charge on any atom is -0.496 e. The molecule has 0 radical (unpaired) electrons. The molecule has 0 saturated carbocycles. The van der Waals surface area contributed by atoms with Crippen molar-refractivity contribution in [3.05, 3.63) is 59.5 Å². The highest BCUT2D eigenvalue weighted by Crippen LogP contribution is 2.28. The summed E-state index contributed by atoms with van der Waals surface area (Å²) in [6, 6.07) is 14.4. The minimum atomic E-state index is -3.63. The topological polar surface area (TPSA) is 93.1 Å². The van der Waals surface area contributed by atoms with Gasteiger partial charge in [-0.25, -0.2) is 13.4 Å². The lowest BCUT2D eigenvalue weighted by atomic mass is 10.2. The van der Waals surface area contributed by atoms with Gasteiger partial charge in [0.05, 0.1) is 36.1 Å². The molecule has 2 heterocycles. The first-order valence-corrected chi connectivity index (χ1v) is 12.8. The molecule has 8 nitrogen and oxygen atoms in total. The summed E-state index contributed by atoms with van der Waals surface area (Å²) in [5, 5.41) is 6.70. The number of nitrogens with zero attached hydrogens (tertiary/aromatic N) is 3. The maximum atomic E-state index is 13.2. The summed E-state index contributed by atoms with van der Waals surface area (Å²) in [4.78, 5) is 4.80. The summed E-state index contributed by atoms with van der Waals surface area (Å²) in [5.74, 6) is 0.727. The first-order chi connectivity index (χ1) is 15.9. The van der Waals surface area contributed by atoms with Crippen LogP contribution in [0.3, 0.4) is 0 Å². The van der Waals surface area contributed by atoms with E-state index >= 15 is 0 Å². The van der Waals surface area contributed by atoms with Crippen molar-refractivity contribution in [1.82, 2.24) is 9.29 Å². The predicted octanol–water partition coefficient (Wildman–Crippen LogP) is 4.06. The molecule has 0 aliphatic carbocycles. The van der Waals surface area contributed by atoms with E-state index < -0.39 is 10.0 Å². The third kappa shape index (κ3) is 5.41. The smallest absolute Gasteiger partial charge is 0.243 e. The SMILES string of the molecule is COc1ccccc1/C=N\Nc1nc(-c2cccc(S(=O)(=O)N3C[C@@H](C)O[C@@H](C)C3)c2)cs1. The van der Waals surface area contributed by atoms with E-state index in [1.807, 2.05) is 49.6 Å². The molecule has 1 fully saturated rings. The van der Waals surface area contributed by atoms with Crippen LogP contribution in [-0.2, 0) is 14.8 Å². The fourth-order valence-electron chi connectivity index (χ4n) is 3.68. The molecule has 10 heteroatoms. The molecule has 0 spiro atoms. The molecule has 33 heavy (non-hydrogen) atoms. The van der Waals surface area contributed by atoms with Gasteiger partial charge in [-0.1, -0.05) is 24.3 Å². The maximum Gasteiger partial charge on any atom is 0.243 e. The summed E-state index contributed by atoms with van der Waals surface area (Å²) in [6.45, 7) is 4.45. The van der Waals surface area contributed by atoms with Gasteiger partial charge in [0.25, 0.3) is 0 Å². The standard InChI is InChI=1S/C23H26N4O4S2/c1-16-13-27(14-17(2)31-16)33(28,29)20-9-6-8-18(11-20)21-15-32-23(25-21)26-24-12-19-7-4-5-10-22(19)30-3/h4-12,15-17H,13-14H2,1-3H3,(H,25,26)/b24-12-/t16-,17+. The summed E-state index contributed by atoms with van der Waals surface area (Å²) in [7, 11) is -2.01. The zero-order valence-corrected chi connectivity index (χ0v) is 20.3. The van der Waals surface area contributed by atoms with Crippen molar-refractivity contribution in [2.24, 2.45) is 5.10 Å². The summed E-state index contributed by atoms with van der Waals surface area (Å²) < 4.78 is 38.9. The molecule has 1 aliphatic rings. The number of rotatable bonds is 7. The molecule has 1 aliphatic heterocycles. The first-order valence-electron chi connectivity index (χ1n) is 10.5. The number of methoxy groups -OCH3 is 1. The number of thiazole rings is 1. The largest absolute Gasteiger partial charge is 0.496 e. The van der Waals surface area contributed by atoms with Gasteiger partial charge in [0.2, 0.25) is 15.2 Å². The molecule has 0 amide bonds. The van der Waals surface area contributed by atoms with E-state index in [1.165, 1.54) is 15.6 Å². The van der Waals surface area contributed by atoms with Crippen LogP contribution >= 0.6 is 11.3 Å². The molecular weight excluding hydrogens is 460 g/mol. The van der Waals surface area contributed by atoms with Crippen molar-refractivity contribution in [2.75, 3.05) is 25.6 Å². The molecule has 0 unspecified atom stereocenters. The van der Waals surface area contributed by atoms with Gasteiger partial charge in [0.1, 0.15) is 5.75 Å². The normalized spacial score (nSPS) is 19.6. The number of para-hydroxylation sites is 1. The maximum absolute atomic E-state index is 13.2. The van der Waals surface area contributed by atoms with Crippen LogP contribution in [0, 0.1) is 0 Å². The Balaban J connectivity index is 1.50. The molecule has 4 rings (SSSR count). The second-order valence-corrected chi connectivity index (χ2v) is 10.6. The van der Waals surface area contributed by atoms with E-state index in [0.29, 0.717) is 23.9 Å². The molecule has 3 aromatic rings. The van der Waals surface area contributed by atoms with Gasteiger partial charge in [0, 0.05) is 29.6 Å². The molecule has 1 aromatic heterocycles. The Morgan fingerprint density at radius 1 is 1.18 bits per heavy atom. The van der Waals surface area contributed by atoms with Crippen LogP contribution in [0.25, 0.3) is 11.3 Å². The van der Waals surface area contributed by atoms with E-state index in [2.05, 4.69) is 15.5 Å². The Bertz CT molecular complexity index is 1230. The van der Waals surface area contributed by atoms with Crippen LogP contribution < -0.4 is 10.2 Å². The summed E-state index contributed by atoms with van der Waals surface area (Å²) in [5.41, 5.74) is 5.17. The zero-order chi connectivity index (χ0) is 23.4. The lowest BCUT2D eigenvalue weighted by Crippen LogP contribution is -2.48. The molecule has 174 valence electrons. The third-order valence-corrected chi connectivity index (χ3v) is 7.74.